The first kappa shape index (κ1) is 26.5. The minimum atomic E-state index is 0. The number of methoxy groups -OCH3 is 1. The Morgan fingerprint density at radius 2 is 1.97 bits per heavy atom. The van der Waals surface area contributed by atoms with Crippen molar-refractivity contribution in [1.29, 1.82) is 0 Å². The molecule has 0 saturated carbocycles. The van der Waals surface area contributed by atoms with E-state index in [-0.39, 0.29) is 36.4 Å². The molecule has 1 atom stereocenters. The predicted octanol–water partition coefficient (Wildman–Crippen LogP) is 2.70. The lowest BCUT2D eigenvalue weighted by molar-refractivity contribution is -0.127. The van der Waals surface area contributed by atoms with E-state index in [2.05, 4.69) is 27.4 Å². The van der Waals surface area contributed by atoms with Gasteiger partial charge in [0.15, 0.2) is 5.96 Å². The van der Waals surface area contributed by atoms with Crippen molar-refractivity contribution in [3.63, 3.8) is 0 Å². The molecule has 1 aromatic carbocycles. The standard InChI is InChI=1S/C22H37N5O2.HI/c1-5-19-8-6-7-14-27(19)15-13-23-22(25-17-21(28)26(2)3)24-16-18-9-11-20(29-4)12-10-18;/h9-12,19H,5-8,13-17H2,1-4H3,(H2,23,24,25);1H. The molecule has 2 N–H and O–H groups in total. The van der Waals surface area contributed by atoms with Gasteiger partial charge >= 0.3 is 0 Å². The molecule has 0 bridgehead atoms. The minimum Gasteiger partial charge on any atom is -0.497 e. The van der Waals surface area contributed by atoms with Gasteiger partial charge in [-0.25, -0.2) is 4.99 Å². The SMILES string of the molecule is CCC1CCCCN1CCNC(=NCc1ccc(OC)cc1)NCC(=O)N(C)C.I. The molecule has 1 heterocycles. The number of nitrogens with zero attached hydrogens (tertiary/aromatic N) is 3. The monoisotopic (exact) mass is 531 g/mol. The van der Waals surface area contributed by atoms with Crippen LogP contribution in [0.3, 0.4) is 0 Å². The Hall–Kier alpha value is -1.55. The normalized spacial score (nSPS) is 17.1. The second-order valence-corrected chi connectivity index (χ2v) is 7.68. The number of nitrogens with one attached hydrogen (secondary N) is 2. The second-order valence-electron chi connectivity index (χ2n) is 7.68. The predicted molar refractivity (Wildman–Crippen MR) is 134 cm³/mol. The van der Waals surface area contributed by atoms with Gasteiger partial charge < -0.3 is 20.3 Å². The van der Waals surface area contributed by atoms with Gasteiger partial charge in [0.1, 0.15) is 5.75 Å². The molecule has 1 aliphatic heterocycles. The molecular formula is C22H38IN5O2. The lowest BCUT2D eigenvalue weighted by Gasteiger charge is -2.35. The van der Waals surface area contributed by atoms with E-state index in [1.165, 1.54) is 32.2 Å². The summed E-state index contributed by atoms with van der Waals surface area (Å²) in [6.07, 6.45) is 5.12. The maximum Gasteiger partial charge on any atom is 0.241 e. The highest BCUT2D eigenvalue weighted by Crippen LogP contribution is 2.18. The van der Waals surface area contributed by atoms with E-state index in [0.717, 1.165) is 24.4 Å². The van der Waals surface area contributed by atoms with E-state index in [0.29, 0.717) is 18.5 Å². The number of rotatable bonds is 9. The third-order valence-corrected chi connectivity index (χ3v) is 5.40. The minimum absolute atomic E-state index is 0. The van der Waals surface area contributed by atoms with Gasteiger partial charge in [-0.05, 0) is 43.5 Å². The fourth-order valence-corrected chi connectivity index (χ4v) is 3.53. The number of likely N-dealkylation sites (N-methyl/N-ethyl adjacent to an activating group) is 1. The van der Waals surface area contributed by atoms with Crippen molar-refractivity contribution in [3.05, 3.63) is 29.8 Å². The Morgan fingerprint density at radius 3 is 2.60 bits per heavy atom. The molecule has 1 saturated heterocycles. The van der Waals surface area contributed by atoms with Crippen LogP contribution >= 0.6 is 24.0 Å². The smallest absolute Gasteiger partial charge is 0.241 e. The molecule has 1 fully saturated rings. The van der Waals surface area contributed by atoms with Crippen LogP contribution in [0.25, 0.3) is 0 Å². The molecule has 0 aliphatic carbocycles. The van der Waals surface area contributed by atoms with E-state index in [9.17, 15) is 4.79 Å². The topological polar surface area (TPSA) is 69.2 Å². The number of guanidine groups is 1. The molecule has 0 spiro atoms. The summed E-state index contributed by atoms with van der Waals surface area (Å²) in [5, 5.41) is 6.56. The number of hydrogen-bond donors (Lipinski definition) is 2. The molecule has 1 aliphatic rings. The van der Waals surface area contributed by atoms with Crippen molar-refractivity contribution in [1.82, 2.24) is 20.4 Å². The maximum absolute atomic E-state index is 12.0. The highest BCUT2D eigenvalue weighted by atomic mass is 127. The fourth-order valence-electron chi connectivity index (χ4n) is 3.53. The third-order valence-electron chi connectivity index (χ3n) is 5.40. The Bertz CT molecular complexity index is 651. The highest BCUT2D eigenvalue weighted by Gasteiger charge is 2.20. The van der Waals surface area contributed by atoms with E-state index in [4.69, 9.17) is 4.74 Å². The molecule has 170 valence electrons. The summed E-state index contributed by atoms with van der Waals surface area (Å²) >= 11 is 0. The van der Waals surface area contributed by atoms with Crippen LogP contribution in [-0.4, -0.2) is 75.1 Å². The molecule has 1 aromatic rings. The van der Waals surface area contributed by atoms with Crippen LogP contribution in [0.1, 0.15) is 38.2 Å². The number of amides is 1. The summed E-state index contributed by atoms with van der Waals surface area (Å²) in [4.78, 5) is 20.8. The first-order chi connectivity index (χ1) is 14.0. The van der Waals surface area contributed by atoms with Crippen molar-refractivity contribution in [3.8, 4) is 5.75 Å². The van der Waals surface area contributed by atoms with Gasteiger partial charge in [0, 0.05) is 33.2 Å². The second kappa shape index (κ2) is 14.5. The van der Waals surface area contributed by atoms with Crippen LogP contribution < -0.4 is 15.4 Å². The van der Waals surface area contributed by atoms with Gasteiger partial charge in [0.25, 0.3) is 0 Å². The molecule has 0 radical (unpaired) electrons. The molecule has 0 aromatic heterocycles. The number of hydrogen-bond acceptors (Lipinski definition) is 4. The number of piperidine rings is 1. The fraction of sp³-hybridized carbons (Fsp3) is 0.636. The Kier molecular flexibility index (Phi) is 12.8. The van der Waals surface area contributed by atoms with Crippen molar-refractivity contribution < 1.29 is 9.53 Å². The van der Waals surface area contributed by atoms with Gasteiger partial charge in [-0.3, -0.25) is 9.69 Å². The molecule has 7 nitrogen and oxygen atoms in total. The lowest BCUT2D eigenvalue weighted by atomic mass is 10.0. The summed E-state index contributed by atoms with van der Waals surface area (Å²) in [6, 6.07) is 8.56. The summed E-state index contributed by atoms with van der Waals surface area (Å²) in [5.74, 6) is 1.52. The maximum atomic E-state index is 12.0. The zero-order chi connectivity index (χ0) is 21.1. The van der Waals surface area contributed by atoms with Gasteiger partial charge in [0.05, 0.1) is 20.2 Å². The molecule has 1 unspecified atom stereocenters. The molecular weight excluding hydrogens is 493 g/mol. The van der Waals surface area contributed by atoms with Crippen LogP contribution in [0.4, 0.5) is 0 Å². The highest BCUT2D eigenvalue weighted by molar-refractivity contribution is 14.0. The average Bonchev–Trinajstić information content (AvgIpc) is 2.75. The van der Waals surface area contributed by atoms with Gasteiger partial charge in [0.2, 0.25) is 5.91 Å². The van der Waals surface area contributed by atoms with Crippen LogP contribution in [0.2, 0.25) is 0 Å². The van der Waals surface area contributed by atoms with Gasteiger partial charge in [-0.15, -0.1) is 24.0 Å². The lowest BCUT2D eigenvalue weighted by Crippen LogP contribution is -2.47. The van der Waals surface area contributed by atoms with Crippen LogP contribution in [0.15, 0.2) is 29.3 Å². The van der Waals surface area contributed by atoms with E-state index in [1.54, 1.807) is 26.1 Å². The van der Waals surface area contributed by atoms with E-state index >= 15 is 0 Å². The van der Waals surface area contributed by atoms with Crippen LogP contribution in [0.5, 0.6) is 5.75 Å². The zero-order valence-corrected chi connectivity index (χ0v) is 21.1. The van der Waals surface area contributed by atoms with E-state index < -0.39 is 0 Å². The number of carbonyl (C=O) groups is 1. The van der Waals surface area contributed by atoms with Crippen molar-refractivity contribution in [2.24, 2.45) is 4.99 Å². The van der Waals surface area contributed by atoms with Gasteiger partial charge in [-0.1, -0.05) is 25.5 Å². The Morgan fingerprint density at radius 1 is 1.23 bits per heavy atom. The number of likely N-dealkylation sites (tertiary alicyclic amines) is 1. The van der Waals surface area contributed by atoms with Crippen LogP contribution in [-0.2, 0) is 11.3 Å². The summed E-state index contributed by atoms with van der Waals surface area (Å²) in [6.45, 7) is 6.00. The molecule has 2 rings (SSSR count). The summed E-state index contributed by atoms with van der Waals surface area (Å²) < 4.78 is 5.20. The van der Waals surface area contributed by atoms with Crippen molar-refractivity contribution in [2.75, 3.05) is 47.4 Å². The van der Waals surface area contributed by atoms with Crippen molar-refractivity contribution in [2.45, 2.75) is 45.2 Å². The molecule has 30 heavy (non-hydrogen) atoms. The summed E-state index contributed by atoms with van der Waals surface area (Å²) in [7, 11) is 5.17. The number of carbonyl (C=O) groups excluding carboxylic acids is 1. The number of halogens is 1. The quantitative estimate of drug-likeness (QED) is 0.292. The third kappa shape index (κ3) is 9.07. The Labute approximate surface area is 198 Å². The number of ether oxygens (including phenoxy) is 1. The zero-order valence-electron chi connectivity index (χ0n) is 18.8. The average molecular weight is 531 g/mol. The Balaban J connectivity index is 0.00000450. The largest absolute Gasteiger partial charge is 0.497 e. The first-order valence-electron chi connectivity index (χ1n) is 10.6. The first-order valence-corrected chi connectivity index (χ1v) is 10.6. The van der Waals surface area contributed by atoms with Crippen LogP contribution in [0, 0.1) is 0 Å². The molecule has 1 amide bonds. The molecule has 8 heteroatoms. The van der Waals surface area contributed by atoms with Crippen molar-refractivity contribution >= 4 is 35.8 Å². The summed E-state index contributed by atoms with van der Waals surface area (Å²) in [5.41, 5.74) is 1.09. The number of benzene rings is 1. The number of aliphatic imine (C=N–C) groups is 1. The van der Waals surface area contributed by atoms with E-state index in [1.807, 2.05) is 24.3 Å². The van der Waals surface area contributed by atoms with Gasteiger partial charge in [-0.2, -0.15) is 0 Å².